The number of carbonyl (C=O) groups excluding carboxylic acids is 1. The summed E-state index contributed by atoms with van der Waals surface area (Å²) in [7, 11) is 1.58. The van der Waals surface area contributed by atoms with Crippen LogP contribution in [0.5, 0.6) is 11.5 Å². The molecule has 0 spiro atoms. The lowest BCUT2D eigenvalue weighted by molar-refractivity contribution is -0.119. The van der Waals surface area contributed by atoms with Crippen molar-refractivity contribution in [3.8, 4) is 11.5 Å². The van der Waals surface area contributed by atoms with Crippen LogP contribution in [0.1, 0.15) is 11.1 Å². The van der Waals surface area contributed by atoms with Gasteiger partial charge >= 0.3 is 0 Å². The van der Waals surface area contributed by atoms with E-state index in [0.29, 0.717) is 23.9 Å². The Labute approximate surface area is 177 Å². The van der Waals surface area contributed by atoms with Crippen LogP contribution in [-0.4, -0.2) is 36.2 Å². The maximum Gasteiger partial charge on any atom is 0.285 e. The molecule has 0 aromatic heterocycles. The lowest BCUT2D eigenvalue weighted by Gasteiger charge is -2.21. The van der Waals surface area contributed by atoms with Crippen LogP contribution in [0.4, 0.5) is 0 Å². The van der Waals surface area contributed by atoms with Gasteiger partial charge in [-0.25, -0.2) is 4.99 Å². The molecule has 0 radical (unpaired) electrons. The minimum atomic E-state index is -0.410. The monoisotopic (exact) mass is 451 g/mol. The van der Waals surface area contributed by atoms with Crippen LogP contribution >= 0.6 is 15.9 Å². The fourth-order valence-electron chi connectivity index (χ4n) is 3.04. The van der Waals surface area contributed by atoms with Crippen LogP contribution in [0.3, 0.4) is 0 Å². The number of hydrogen-bond donors (Lipinski definition) is 0. The van der Waals surface area contributed by atoms with Crippen LogP contribution in [0.25, 0.3) is 0 Å². The summed E-state index contributed by atoms with van der Waals surface area (Å²) in [6, 6.07) is 14.9. The zero-order chi connectivity index (χ0) is 20.2. The normalized spacial score (nSPS) is 16.3. The number of fused-ring (bicyclic) bond motifs is 2. The molecule has 0 bridgehead atoms. The van der Waals surface area contributed by atoms with Crippen LogP contribution < -0.4 is 9.47 Å². The number of hydrogen-bond acceptors (Lipinski definition) is 4. The predicted molar refractivity (Wildman–Crippen MR) is 116 cm³/mol. The highest BCUT2D eigenvalue weighted by atomic mass is 79.9. The molecule has 0 unspecified atom stereocenters. The van der Waals surface area contributed by atoms with Crippen molar-refractivity contribution >= 4 is 33.5 Å². The van der Waals surface area contributed by atoms with Crippen molar-refractivity contribution in [2.45, 2.75) is 6.54 Å². The lowest BCUT2D eigenvalue weighted by atomic mass is 10.1. The molecule has 0 atom stereocenters. The van der Waals surface area contributed by atoms with Crippen molar-refractivity contribution in [3.63, 3.8) is 0 Å². The molecule has 0 N–H and O–H groups in total. The van der Waals surface area contributed by atoms with Gasteiger partial charge in [-0.15, -0.1) is 0 Å². The Bertz CT molecular complexity index is 1070. The Morgan fingerprint density at radius 3 is 2.86 bits per heavy atom. The molecule has 0 fully saturated rings. The van der Waals surface area contributed by atoms with Gasteiger partial charge in [0.25, 0.3) is 5.91 Å². The molecule has 2 aliphatic rings. The maximum atomic E-state index is 12.5. The third-order valence-electron chi connectivity index (χ3n) is 4.42. The van der Waals surface area contributed by atoms with Crippen LogP contribution in [0.2, 0.25) is 0 Å². The van der Waals surface area contributed by atoms with E-state index >= 15 is 0 Å². The van der Waals surface area contributed by atoms with E-state index in [9.17, 15) is 4.79 Å². The number of ether oxygens (including phenoxy) is 2. The maximum absolute atomic E-state index is 12.5. The number of rotatable bonds is 4. The number of amides is 1. The fourth-order valence-corrected chi connectivity index (χ4v) is 3.42. The molecule has 7 heteroatoms. The van der Waals surface area contributed by atoms with Crippen molar-refractivity contribution in [2.24, 2.45) is 9.98 Å². The van der Waals surface area contributed by atoms with Gasteiger partial charge in [0.15, 0.2) is 12.4 Å². The van der Waals surface area contributed by atoms with Gasteiger partial charge in [0, 0.05) is 28.9 Å². The van der Waals surface area contributed by atoms with Gasteiger partial charge in [-0.1, -0.05) is 30.3 Å². The molecule has 1 amide bonds. The molecule has 0 saturated carbocycles. The van der Waals surface area contributed by atoms with Crippen molar-refractivity contribution in [1.29, 1.82) is 0 Å². The van der Waals surface area contributed by atoms with Crippen molar-refractivity contribution in [3.05, 3.63) is 82.5 Å². The summed E-state index contributed by atoms with van der Waals surface area (Å²) in [5.41, 5.74) is 1.88. The van der Waals surface area contributed by atoms with Gasteiger partial charge in [0.05, 0.1) is 7.11 Å². The van der Waals surface area contributed by atoms with Gasteiger partial charge in [0.2, 0.25) is 0 Å². The Morgan fingerprint density at radius 2 is 2.00 bits per heavy atom. The fraction of sp³-hybridized carbons (Fsp3) is 0.136. The summed E-state index contributed by atoms with van der Waals surface area (Å²) in [5.74, 6) is 1.90. The number of benzene rings is 2. The first kappa shape index (κ1) is 19.1. The smallest absolute Gasteiger partial charge is 0.285 e. The highest BCUT2D eigenvalue weighted by Crippen LogP contribution is 2.24. The minimum absolute atomic E-state index is 0.186. The van der Waals surface area contributed by atoms with Gasteiger partial charge in [0.1, 0.15) is 17.3 Å². The number of allylic oxidation sites excluding steroid dienone is 2. The van der Waals surface area contributed by atoms with E-state index in [4.69, 9.17) is 9.47 Å². The summed E-state index contributed by atoms with van der Waals surface area (Å²) in [6.45, 7) is 0.455. The first-order chi connectivity index (χ1) is 14.1. The standard InChI is InChI=1S/C22H18BrN3O3/c1-28-17-6-4-7-18(11-17)29-14-21(27)25-22-19-8-3-2-5-15(19)12-26-13-16(23)9-10-20(26)24-22/h2-11,13H,12,14H2,1H3. The molecule has 29 heavy (non-hydrogen) atoms. The first-order valence-corrected chi connectivity index (χ1v) is 9.79. The Hall–Kier alpha value is -3.19. The quantitative estimate of drug-likeness (QED) is 0.702. The second-order valence-electron chi connectivity index (χ2n) is 6.40. The number of amidine groups is 2. The van der Waals surface area contributed by atoms with E-state index in [1.165, 1.54) is 0 Å². The van der Waals surface area contributed by atoms with Gasteiger partial charge in [-0.3, -0.25) is 4.79 Å². The average molecular weight is 452 g/mol. The molecule has 0 aliphatic carbocycles. The van der Waals surface area contributed by atoms with Crippen molar-refractivity contribution in [2.75, 3.05) is 13.7 Å². The number of halogens is 1. The molecular weight excluding hydrogens is 434 g/mol. The summed E-state index contributed by atoms with van der Waals surface area (Å²) >= 11 is 3.49. The van der Waals surface area contributed by atoms with Crippen LogP contribution in [0, 0.1) is 0 Å². The second-order valence-corrected chi connectivity index (χ2v) is 7.31. The van der Waals surface area contributed by atoms with E-state index in [-0.39, 0.29) is 6.61 Å². The number of aliphatic imine (C=N–C) groups is 2. The minimum Gasteiger partial charge on any atom is -0.497 e. The van der Waals surface area contributed by atoms with Crippen LogP contribution in [-0.2, 0) is 11.3 Å². The van der Waals surface area contributed by atoms with E-state index in [1.807, 2.05) is 53.6 Å². The number of methoxy groups -OCH3 is 1. The molecule has 2 aromatic rings. The Balaban J connectivity index is 1.59. The van der Waals surface area contributed by atoms with Crippen molar-refractivity contribution in [1.82, 2.24) is 4.90 Å². The predicted octanol–water partition coefficient (Wildman–Crippen LogP) is 4.07. The zero-order valence-electron chi connectivity index (χ0n) is 15.7. The first-order valence-electron chi connectivity index (χ1n) is 9.00. The summed E-state index contributed by atoms with van der Waals surface area (Å²) in [4.78, 5) is 23.4. The molecule has 2 aliphatic heterocycles. The Morgan fingerprint density at radius 1 is 1.17 bits per heavy atom. The molecule has 6 nitrogen and oxygen atoms in total. The molecule has 2 heterocycles. The lowest BCUT2D eigenvalue weighted by Crippen LogP contribution is -2.25. The second kappa shape index (κ2) is 8.45. The average Bonchev–Trinajstić information content (AvgIpc) is 2.88. The van der Waals surface area contributed by atoms with Crippen molar-refractivity contribution < 1.29 is 14.3 Å². The van der Waals surface area contributed by atoms with E-state index < -0.39 is 5.91 Å². The van der Waals surface area contributed by atoms with Crippen LogP contribution in [0.15, 0.2) is 81.4 Å². The van der Waals surface area contributed by atoms with E-state index in [0.717, 1.165) is 21.4 Å². The zero-order valence-corrected chi connectivity index (χ0v) is 17.3. The number of carbonyl (C=O) groups is 1. The SMILES string of the molecule is COc1cccc(OCC(=O)N=C2N=C3C=CC(Br)=CN3Cc3ccccc32)c1. The molecule has 146 valence electrons. The van der Waals surface area contributed by atoms with E-state index in [2.05, 4.69) is 25.9 Å². The van der Waals surface area contributed by atoms with Gasteiger partial charge < -0.3 is 14.4 Å². The van der Waals surface area contributed by atoms with Gasteiger partial charge in [-0.05, 0) is 45.8 Å². The number of nitrogens with zero attached hydrogens (tertiary/aromatic N) is 3. The molecular formula is C22H18BrN3O3. The Kier molecular flexibility index (Phi) is 5.57. The summed E-state index contributed by atoms with van der Waals surface area (Å²) < 4.78 is 11.7. The highest BCUT2D eigenvalue weighted by Gasteiger charge is 2.21. The summed E-state index contributed by atoms with van der Waals surface area (Å²) in [5, 5.41) is 0. The molecule has 0 saturated heterocycles. The third kappa shape index (κ3) is 4.46. The largest absolute Gasteiger partial charge is 0.497 e. The van der Waals surface area contributed by atoms with E-state index in [1.54, 1.807) is 25.3 Å². The van der Waals surface area contributed by atoms with Gasteiger partial charge in [-0.2, -0.15) is 4.99 Å². The molecule has 2 aromatic carbocycles. The third-order valence-corrected chi connectivity index (χ3v) is 4.89. The topological polar surface area (TPSA) is 63.5 Å². The molecule has 4 rings (SSSR count). The summed E-state index contributed by atoms with van der Waals surface area (Å²) in [6.07, 6.45) is 5.77. The highest BCUT2D eigenvalue weighted by molar-refractivity contribution is 9.11.